The average molecular weight is 376 g/mol. The van der Waals surface area contributed by atoms with Crippen molar-refractivity contribution in [2.45, 2.75) is 43.0 Å². The van der Waals surface area contributed by atoms with Gasteiger partial charge >= 0.3 is 0 Å². The molecule has 0 radical (unpaired) electrons. The van der Waals surface area contributed by atoms with Crippen LogP contribution in [0, 0.1) is 5.92 Å². The molecule has 8 heteroatoms. The van der Waals surface area contributed by atoms with Gasteiger partial charge in [0.15, 0.2) is 0 Å². The van der Waals surface area contributed by atoms with Gasteiger partial charge in [-0.3, -0.25) is 4.79 Å². The van der Waals surface area contributed by atoms with Crippen LogP contribution in [0.2, 0.25) is 0 Å². The fourth-order valence-corrected chi connectivity index (χ4v) is 3.83. The van der Waals surface area contributed by atoms with Crippen molar-refractivity contribution in [3.05, 3.63) is 24.3 Å². The Morgan fingerprint density at radius 3 is 2.58 bits per heavy atom. The molecule has 24 heavy (non-hydrogen) atoms. The first kappa shape index (κ1) is 20.9. The highest BCUT2D eigenvalue weighted by atomic mass is 35.5. The van der Waals surface area contributed by atoms with Gasteiger partial charge < -0.3 is 11.1 Å². The summed E-state index contributed by atoms with van der Waals surface area (Å²) >= 11 is 0. The molecule has 1 aliphatic rings. The number of amides is 1. The quantitative estimate of drug-likeness (QED) is 0.825. The van der Waals surface area contributed by atoms with E-state index in [0.29, 0.717) is 12.1 Å². The van der Waals surface area contributed by atoms with E-state index in [4.69, 9.17) is 5.73 Å². The fourth-order valence-electron chi connectivity index (χ4n) is 2.89. The Labute approximate surface area is 150 Å². The van der Waals surface area contributed by atoms with Crippen LogP contribution in [0.5, 0.6) is 0 Å². The SMILES string of the molecule is CN(C)S(=O)(=O)c1cccc(NC(=O)CC2CCCCC2N)c1.Cl. The van der Waals surface area contributed by atoms with Gasteiger partial charge in [-0.1, -0.05) is 18.9 Å². The smallest absolute Gasteiger partial charge is 0.242 e. The third-order valence-corrected chi connectivity index (χ3v) is 6.12. The van der Waals surface area contributed by atoms with Crippen LogP contribution in [-0.2, 0) is 14.8 Å². The van der Waals surface area contributed by atoms with Gasteiger partial charge in [0, 0.05) is 32.2 Å². The molecule has 1 aromatic rings. The highest BCUT2D eigenvalue weighted by Crippen LogP contribution is 2.26. The number of carbonyl (C=O) groups is 1. The number of anilines is 1. The largest absolute Gasteiger partial charge is 0.327 e. The summed E-state index contributed by atoms with van der Waals surface area (Å²) in [7, 11) is -0.555. The van der Waals surface area contributed by atoms with Crippen molar-refractivity contribution in [2.24, 2.45) is 11.7 Å². The number of nitrogens with two attached hydrogens (primary N) is 1. The summed E-state index contributed by atoms with van der Waals surface area (Å²) in [4.78, 5) is 12.4. The lowest BCUT2D eigenvalue weighted by molar-refractivity contribution is -0.117. The van der Waals surface area contributed by atoms with Crippen LogP contribution in [0.1, 0.15) is 32.1 Å². The van der Waals surface area contributed by atoms with E-state index in [2.05, 4.69) is 5.32 Å². The van der Waals surface area contributed by atoms with Gasteiger partial charge in [-0.25, -0.2) is 12.7 Å². The predicted octanol–water partition coefficient (Wildman–Crippen LogP) is 2.20. The van der Waals surface area contributed by atoms with E-state index < -0.39 is 10.0 Å². The molecule has 2 rings (SSSR count). The van der Waals surface area contributed by atoms with E-state index in [-0.39, 0.29) is 35.2 Å². The van der Waals surface area contributed by atoms with E-state index in [1.807, 2.05) is 0 Å². The number of sulfonamides is 1. The van der Waals surface area contributed by atoms with Gasteiger partial charge in [-0.05, 0) is 37.0 Å². The van der Waals surface area contributed by atoms with Gasteiger partial charge in [0.05, 0.1) is 4.90 Å². The molecule has 0 saturated heterocycles. The molecule has 1 saturated carbocycles. The topological polar surface area (TPSA) is 92.5 Å². The molecule has 0 heterocycles. The van der Waals surface area contributed by atoms with E-state index in [1.54, 1.807) is 12.1 Å². The maximum atomic E-state index is 12.2. The molecule has 3 N–H and O–H groups in total. The number of nitrogens with zero attached hydrogens (tertiary/aromatic N) is 1. The molecular formula is C16H26ClN3O3S. The lowest BCUT2D eigenvalue weighted by atomic mass is 9.83. The Bertz CT molecular complexity index is 664. The lowest BCUT2D eigenvalue weighted by Gasteiger charge is -2.27. The third kappa shape index (κ3) is 5.17. The van der Waals surface area contributed by atoms with Gasteiger partial charge in [0.2, 0.25) is 15.9 Å². The molecule has 1 amide bonds. The van der Waals surface area contributed by atoms with Crippen molar-refractivity contribution in [1.82, 2.24) is 4.31 Å². The van der Waals surface area contributed by atoms with Gasteiger partial charge in [-0.2, -0.15) is 0 Å². The maximum Gasteiger partial charge on any atom is 0.242 e. The second-order valence-electron chi connectivity index (χ2n) is 6.28. The van der Waals surface area contributed by atoms with Gasteiger partial charge in [0.1, 0.15) is 0 Å². The molecule has 0 spiro atoms. The number of hydrogen-bond donors (Lipinski definition) is 2. The van der Waals surface area contributed by atoms with Crippen LogP contribution in [0.15, 0.2) is 29.2 Å². The van der Waals surface area contributed by atoms with E-state index in [9.17, 15) is 13.2 Å². The molecule has 0 aliphatic heterocycles. The predicted molar refractivity (Wildman–Crippen MR) is 97.7 cm³/mol. The minimum Gasteiger partial charge on any atom is -0.327 e. The molecule has 136 valence electrons. The second-order valence-corrected chi connectivity index (χ2v) is 8.43. The van der Waals surface area contributed by atoms with E-state index in [1.165, 1.54) is 26.2 Å². The van der Waals surface area contributed by atoms with Crippen LogP contribution in [0.3, 0.4) is 0 Å². The monoisotopic (exact) mass is 375 g/mol. The number of benzene rings is 1. The molecule has 1 aliphatic carbocycles. The summed E-state index contributed by atoms with van der Waals surface area (Å²) in [6, 6.07) is 6.39. The zero-order valence-corrected chi connectivity index (χ0v) is 15.7. The molecule has 1 aromatic carbocycles. The van der Waals surface area contributed by atoms with Crippen LogP contribution in [0.25, 0.3) is 0 Å². The minimum atomic E-state index is -3.51. The summed E-state index contributed by atoms with van der Waals surface area (Å²) in [6.45, 7) is 0. The zero-order chi connectivity index (χ0) is 17.0. The standard InChI is InChI=1S/C16H25N3O3S.ClH/c1-19(2)23(21,22)14-8-5-7-13(11-14)18-16(20)10-12-6-3-4-9-15(12)17;/h5,7-8,11-12,15H,3-4,6,9-10,17H2,1-2H3,(H,18,20);1H. The van der Waals surface area contributed by atoms with Crippen molar-refractivity contribution in [3.63, 3.8) is 0 Å². The van der Waals surface area contributed by atoms with Crippen molar-refractivity contribution in [2.75, 3.05) is 19.4 Å². The Morgan fingerprint density at radius 1 is 1.29 bits per heavy atom. The number of nitrogens with one attached hydrogen (secondary N) is 1. The first-order valence-electron chi connectivity index (χ1n) is 7.88. The number of rotatable bonds is 5. The number of hydrogen-bond acceptors (Lipinski definition) is 4. The Hall–Kier alpha value is -1.15. The Balaban J connectivity index is 0.00000288. The molecule has 0 bridgehead atoms. The van der Waals surface area contributed by atoms with Crippen molar-refractivity contribution in [3.8, 4) is 0 Å². The number of halogens is 1. The summed E-state index contributed by atoms with van der Waals surface area (Å²) in [5.41, 5.74) is 6.56. The van der Waals surface area contributed by atoms with Crippen LogP contribution in [0.4, 0.5) is 5.69 Å². The maximum absolute atomic E-state index is 12.2. The number of carbonyl (C=O) groups excluding carboxylic acids is 1. The van der Waals surface area contributed by atoms with Crippen molar-refractivity contribution >= 4 is 34.0 Å². The Kier molecular flexibility index (Phi) is 7.66. The fraction of sp³-hybridized carbons (Fsp3) is 0.562. The van der Waals surface area contributed by atoms with Crippen molar-refractivity contribution < 1.29 is 13.2 Å². The van der Waals surface area contributed by atoms with E-state index in [0.717, 1.165) is 30.0 Å². The first-order valence-corrected chi connectivity index (χ1v) is 9.32. The normalized spacial score (nSPS) is 21.2. The van der Waals surface area contributed by atoms with Crippen LogP contribution >= 0.6 is 12.4 Å². The lowest BCUT2D eigenvalue weighted by Crippen LogP contribution is -2.35. The third-order valence-electron chi connectivity index (χ3n) is 4.31. The van der Waals surface area contributed by atoms with Gasteiger partial charge in [0.25, 0.3) is 0 Å². The molecular weight excluding hydrogens is 350 g/mol. The van der Waals surface area contributed by atoms with Crippen LogP contribution < -0.4 is 11.1 Å². The highest BCUT2D eigenvalue weighted by Gasteiger charge is 2.24. The minimum absolute atomic E-state index is 0. The molecule has 1 fully saturated rings. The first-order chi connectivity index (χ1) is 10.8. The second kappa shape index (κ2) is 8.80. The van der Waals surface area contributed by atoms with Crippen LogP contribution in [-0.4, -0.2) is 38.8 Å². The van der Waals surface area contributed by atoms with Crippen molar-refractivity contribution in [1.29, 1.82) is 0 Å². The average Bonchev–Trinajstić information content (AvgIpc) is 2.49. The molecule has 2 atom stereocenters. The molecule has 0 aromatic heterocycles. The summed E-state index contributed by atoms with van der Waals surface area (Å²) in [5.74, 6) is 0.0872. The molecule has 2 unspecified atom stereocenters. The van der Waals surface area contributed by atoms with E-state index >= 15 is 0 Å². The summed E-state index contributed by atoms with van der Waals surface area (Å²) in [6.07, 6.45) is 4.57. The van der Waals surface area contributed by atoms with Gasteiger partial charge in [-0.15, -0.1) is 12.4 Å². The zero-order valence-electron chi connectivity index (χ0n) is 14.1. The molecule has 6 nitrogen and oxygen atoms in total. The summed E-state index contributed by atoms with van der Waals surface area (Å²) in [5, 5.41) is 2.78. The highest BCUT2D eigenvalue weighted by molar-refractivity contribution is 7.89. The Morgan fingerprint density at radius 2 is 1.96 bits per heavy atom. The summed E-state index contributed by atoms with van der Waals surface area (Å²) < 4.78 is 25.4.